The van der Waals surface area contributed by atoms with E-state index in [0.717, 1.165) is 12.1 Å². The molecule has 0 saturated carbocycles. The van der Waals surface area contributed by atoms with Gasteiger partial charge >= 0.3 is 0 Å². The number of nitro benzene ring substituents is 2. The number of non-ortho nitro benzene ring substituents is 1. The predicted molar refractivity (Wildman–Crippen MR) is 81.6 cm³/mol. The normalized spacial score (nSPS) is 10.3. The molecule has 0 atom stereocenters. The van der Waals surface area contributed by atoms with Gasteiger partial charge in [-0.05, 0) is 11.6 Å². The van der Waals surface area contributed by atoms with Crippen molar-refractivity contribution in [3.8, 4) is 0 Å². The number of rotatable bonds is 7. The Hall–Kier alpha value is -2.78. The molecule has 2 aromatic carbocycles. The summed E-state index contributed by atoms with van der Waals surface area (Å²) < 4.78 is 5.30. The van der Waals surface area contributed by atoms with Crippen molar-refractivity contribution in [2.75, 3.05) is 0 Å². The van der Waals surface area contributed by atoms with E-state index in [1.165, 1.54) is 6.07 Å². The summed E-state index contributed by atoms with van der Waals surface area (Å²) in [6.45, 7) is 0.0320. The van der Waals surface area contributed by atoms with Gasteiger partial charge in [0, 0.05) is 23.7 Å². The Bertz CT molecular complexity index is 765. The molecule has 2 aromatic rings. The van der Waals surface area contributed by atoms with Crippen molar-refractivity contribution in [2.24, 2.45) is 0 Å². The van der Waals surface area contributed by atoms with Gasteiger partial charge in [0.2, 0.25) is 6.29 Å². The minimum absolute atomic E-state index is 0.0320. The monoisotopic (exact) mass is 333 g/mol. The van der Waals surface area contributed by atoms with Crippen molar-refractivity contribution in [3.63, 3.8) is 0 Å². The van der Waals surface area contributed by atoms with Gasteiger partial charge in [0.25, 0.3) is 11.4 Å². The van der Waals surface area contributed by atoms with Gasteiger partial charge in [-0.3, -0.25) is 25.0 Å². The van der Waals surface area contributed by atoms with Crippen LogP contribution in [-0.4, -0.2) is 16.1 Å². The molecule has 0 aliphatic carbocycles. The van der Waals surface area contributed by atoms with E-state index in [9.17, 15) is 25.0 Å². The van der Waals surface area contributed by atoms with Crippen LogP contribution in [0.5, 0.6) is 0 Å². The lowest BCUT2D eigenvalue weighted by Gasteiger charge is -2.05. The zero-order chi connectivity index (χ0) is 16.8. The van der Waals surface area contributed by atoms with Gasteiger partial charge in [0.15, 0.2) is 0 Å². The fraction of sp³-hybridized carbons (Fsp3) is 0.0714. The van der Waals surface area contributed by atoms with Crippen LogP contribution in [0.4, 0.5) is 11.4 Å². The van der Waals surface area contributed by atoms with Crippen molar-refractivity contribution in [1.82, 2.24) is 0 Å². The summed E-state index contributed by atoms with van der Waals surface area (Å²) in [7, 11) is 0. The van der Waals surface area contributed by atoms with E-state index >= 15 is 0 Å². The number of hydrogen-bond donors (Lipinski definition) is 0. The fourth-order valence-corrected chi connectivity index (χ4v) is 2.39. The van der Waals surface area contributed by atoms with E-state index in [4.69, 9.17) is 4.18 Å². The lowest BCUT2D eigenvalue weighted by Crippen LogP contribution is -1.96. The molecule has 1 radical (unpaired) electrons. The van der Waals surface area contributed by atoms with Crippen LogP contribution in [0.15, 0.2) is 47.4 Å². The Labute approximate surface area is 134 Å². The molecule has 0 aliphatic rings. The standard InChI is InChI=1S/C14H9N2O6S/c17-8-10-3-1-2-4-11(10)9-22-23-14-6-5-12(15(18)19)7-13(14)16(20)21/h1-7H,9H2. The number of carbonyl (C=O) groups excluding carboxylic acids is 1. The molecule has 0 spiro atoms. The quantitative estimate of drug-likeness (QED) is 0.434. The van der Waals surface area contributed by atoms with Crippen molar-refractivity contribution in [1.29, 1.82) is 0 Å². The van der Waals surface area contributed by atoms with Gasteiger partial charge in [0.1, 0.15) is 4.90 Å². The maximum atomic E-state index is 11.0. The Balaban J connectivity index is 2.12. The highest BCUT2D eigenvalue weighted by Crippen LogP contribution is 2.33. The molecule has 0 heterocycles. The average molecular weight is 333 g/mol. The summed E-state index contributed by atoms with van der Waals surface area (Å²) in [5.74, 6) is 0. The molecule has 0 fully saturated rings. The molecular formula is C14H9N2O6S. The van der Waals surface area contributed by atoms with Crippen LogP contribution in [0, 0.1) is 20.2 Å². The van der Waals surface area contributed by atoms with E-state index in [-0.39, 0.29) is 17.2 Å². The molecule has 8 nitrogen and oxygen atoms in total. The number of hydrogen-bond acceptors (Lipinski definition) is 7. The zero-order valence-corrected chi connectivity index (χ0v) is 12.3. The summed E-state index contributed by atoms with van der Waals surface area (Å²) >= 11 is 0.716. The van der Waals surface area contributed by atoms with Gasteiger partial charge in [-0.2, -0.15) is 0 Å². The Morgan fingerprint density at radius 1 is 1.09 bits per heavy atom. The van der Waals surface area contributed by atoms with E-state index < -0.39 is 15.5 Å². The first kappa shape index (κ1) is 16.6. The first-order valence-corrected chi connectivity index (χ1v) is 6.95. The summed E-state index contributed by atoms with van der Waals surface area (Å²) in [6.07, 6.45) is 1.77. The van der Waals surface area contributed by atoms with E-state index in [1.807, 2.05) is 0 Å². The number of nitro groups is 2. The first-order valence-electron chi connectivity index (χ1n) is 6.21. The number of benzene rings is 2. The third kappa shape index (κ3) is 4.11. The minimum Gasteiger partial charge on any atom is -0.305 e. The van der Waals surface area contributed by atoms with Crippen LogP contribution in [0.25, 0.3) is 0 Å². The predicted octanol–water partition coefficient (Wildman–Crippen LogP) is 3.18. The Morgan fingerprint density at radius 2 is 1.83 bits per heavy atom. The van der Waals surface area contributed by atoms with Crippen LogP contribution in [0.2, 0.25) is 0 Å². The third-order valence-electron chi connectivity index (χ3n) is 2.84. The van der Waals surface area contributed by atoms with Crippen molar-refractivity contribution in [2.45, 2.75) is 11.5 Å². The lowest BCUT2D eigenvalue weighted by molar-refractivity contribution is -0.396. The molecular weight excluding hydrogens is 324 g/mol. The second-order valence-electron chi connectivity index (χ2n) is 4.27. The molecule has 0 saturated heterocycles. The molecule has 23 heavy (non-hydrogen) atoms. The van der Waals surface area contributed by atoms with Crippen molar-refractivity contribution in [3.05, 3.63) is 73.8 Å². The molecule has 2 rings (SSSR count). The lowest BCUT2D eigenvalue weighted by atomic mass is 10.1. The van der Waals surface area contributed by atoms with Crippen LogP contribution < -0.4 is 0 Å². The Morgan fingerprint density at radius 3 is 2.48 bits per heavy atom. The highest BCUT2D eigenvalue weighted by atomic mass is 32.2. The topological polar surface area (TPSA) is 113 Å². The smallest absolute Gasteiger partial charge is 0.292 e. The summed E-state index contributed by atoms with van der Waals surface area (Å²) in [5, 5.41) is 21.7. The Kier molecular flexibility index (Phi) is 5.39. The number of nitrogens with zero attached hydrogens (tertiary/aromatic N) is 2. The molecule has 0 bridgehead atoms. The molecule has 0 aromatic heterocycles. The van der Waals surface area contributed by atoms with Crippen molar-refractivity contribution < 1.29 is 18.8 Å². The molecule has 0 amide bonds. The van der Waals surface area contributed by atoms with Gasteiger partial charge in [-0.1, -0.05) is 24.3 Å². The summed E-state index contributed by atoms with van der Waals surface area (Å²) in [5.41, 5.74) is 0.132. The first-order chi connectivity index (χ1) is 11.0. The third-order valence-corrected chi connectivity index (χ3v) is 3.60. The molecule has 117 valence electrons. The maximum Gasteiger partial charge on any atom is 0.292 e. The molecule has 0 unspecified atom stereocenters. The van der Waals surface area contributed by atoms with E-state index in [2.05, 4.69) is 0 Å². The fourth-order valence-electron chi connectivity index (χ4n) is 1.73. The highest BCUT2D eigenvalue weighted by Gasteiger charge is 2.20. The van der Waals surface area contributed by atoms with Crippen molar-refractivity contribution >= 4 is 29.7 Å². The minimum atomic E-state index is -0.716. The van der Waals surface area contributed by atoms with E-state index in [1.54, 1.807) is 30.6 Å². The maximum absolute atomic E-state index is 11.0. The molecule has 0 N–H and O–H groups in total. The second-order valence-corrected chi connectivity index (χ2v) is 5.11. The van der Waals surface area contributed by atoms with Gasteiger partial charge < -0.3 is 4.18 Å². The van der Waals surface area contributed by atoms with Gasteiger partial charge in [-0.25, -0.2) is 0 Å². The summed E-state index contributed by atoms with van der Waals surface area (Å²) in [6, 6.07) is 9.93. The largest absolute Gasteiger partial charge is 0.305 e. The SMILES string of the molecule is O=[C]c1ccccc1COSc1ccc([N+](=O)[O-])cc1[N+](=O)[O-]. The van der Waals surface area contributed by atoms with Gasteiger partial charge in [0.05, 0.1) is 22.5 Å². The molecule has 9 heteroatoms. The average Bonchev–Trinajstić information content (AvgIpc) is 2.55. The van der Waals surface area contributed by atoms with Gasteiger partial charge in [-0.15, -0.1) is 0 Å². The summed E-state index contributed by atoms with van der Waals surface area (Å²) in [4.78, 5) is 31.1. The van der Waals surface area contributed by atoms with Crippen LogP contribution in [0.3, 0.4) is 0 Å². The molecule has 0 aliphatic heterocycles. The van der Waals surface area contributed by atoms with E-state index in [0.29, 0.717) is 23.2 Å². The second kappa shape index (κ2) is 7.47. The van der Waals surface area contributed by atoms with Crippen LogP contribution in [0.1, 0.15) is 11.1 Å². The highest BCUT2D eigenvalue weighted by molar-refractivity contribution is 7.94. The van der Waals surface area contributed by atoms with Crippen LogP contribution >= 0.6 is 12.0 Å². The zero-order valence-electron chi connectivity index (χ0n) is 11.5. The van der Waals surface area contributed by atoms with Crippen LogP contribution in [-0.2, 0) is 15.6 Å².